The largest absolute Gasteiger partial charge is 0.377 e. The summed E-state index contributed by atoms with van der Waals surface area (Å²) < 4.78 is 5.49. The Kier molecular flexibility index (Phi) is 1.12. The Morgan fingerprint density at radius 1 is 1.44 bits per heavy atom. The van der Waals surface area contributed by atoms with Crippen LogP contribution in [0.15, 0.2) is 12.2 Å². The van der Waals surface area contributed by atoms with Crippen molar-refractivity contribution < 1.29 is 4.74 Å². The Bertz CT molecular complexity index is 132. The number of fused-ring (bicyclic) bond motifs is 3. The summed E-state index contributed by atoms with van der Waals surface area (Å²) in [4.78, 5) is 0. The van der Waals surface area contributed by atoms with Crippen LogP contribution in [0.25, 0.3) is 0 Å². The Hall–Kier alpha value is -0.300. The van der Waals surface area contributed by atoms with Crippen LogP contribution in [0.4, 0.5) is 0 Å². The molecule has 0 aromatic heterocycles. The van der Waals surface area contributed by atoms with Crippen LogP contribution in [0.3, 0.4) is 0 Å². The van der Waals surface area contributed by atoms with Gasteiger partial charge in [-0.3, -0.25) is 0 Å². The summed E-state index contributed by atoms with van der Waals surface area (Å²) in [6.07, 6.45) is 4.25. The molecule has 0 aromatic carbocycles. The predicted octanol–water partition coefficient (Wildman–Crippen LogP) is 1.74. The first kappa shape index (κ1) is 5.48. The molecule has 3 rings (SSSR count). The summed E-state index contributed by atoms with van der Waals surface area (Å²) >= 11 is 0. The highest BCUT2D eigenvalue weighted by molar-refractivity contribution is 5.08. The van der Waals surface area contributed by atoms with Crippen LogP contribution >= 0.6 is 0 Å². The first-order valence-corrected chi connectivity index (χ1v) is 3.65. The molecule has 2 aliphatic heterocycles. The highest BCUT2D eigenvalue weighted by Gasteiger charge is 2.30. The Labute approximate surface area is 55.7 Å². The van der Waals surface area contributed by atoms with Crippen LogP contribution in [-0.2, 0) is 4.74 Å². The monoisotopic (exact) mass is 124 g/mol. The molecule has 2 bridgehead atoms. The fourth-order valence-electron chi connectivity index (χ4n) is 1.75. The average Bonchev–Trinajstić information content (AvgIpc) is 1.90. The van der Waals surface area contributed by atoms with E-state index in [-0.39, 0.29) is 0 Å². The van der Waals surface area contributed by atoms with Crippen molar-refractivity contribution in [2.24, 2.45) is 5.92 Å². The maximum absolute atomic E-state index is 5.49. The minimum absolute atomic E-state index is 0.530. The van der Waals surface area contributed by atoms with E-state index < -0.39 is 0 Å². The number of hydrogen-bond acceptors (Lipinski definition) is 1. The molecule has 9 heavy (non-hydrogen) atoms. The summed E-state index contributed by atoms with van der Waals surface area (Å²) in [7, 11) is 0. The molecule has 1 heteroatoms. The van der Waals surface area contributed by atoms with E-state index in [0.717, 1.165) is 13.0 Å². The van der Waals surface area contributed by atoms with Crippen LogP contribution in [-0.4, -0.2) is 12.7 Å². The van der Waals surface area contributed by atoms with Gasteiger partial charge in [-0.1, -0.05) is 12.2 Å². The lowest BCUT2D eigenvalue weighted by Gasteiger charge is -2.37. The van der Waals surface area contributed by atoms with E-state index in [4.69, 9.17) is 4.74 Å². The molecule has 0 spiro atoms. The van der Waals surface area contributed by atoms with Gasteiger partial charge in [-0.05, 0) is 19.3 Å². The summed E-state index contributed by atoms with van der Waals surface area (Å²) in [6.45, 7) is 4.96. The van der Waals surface area contributed by atoms with Gasteiger partial charge in [0.15, 0.2) is 0 Å². The lowest BCUT2D eigenvalue weighted by atomic mass is 9.81. The molecule has 3 fully saturated rings. The Balaban J connectivity index is 2.15. The predicted molar refractivity (Wildman–Crippen MR) is 36.2 cm³/mol. The highest BCUT2D eigenvalue weighted by atomic mass is 16.5. The maximum Gasteiger partial charge on any atom is 0.0612 e. The van der Waals surface area contributed by atoms with E-state index in [2.05, 4.69) is 6.58 Å². The molecular formula is C8H12O. The van der Waals surface area contributed by atoms with E-state index in [1.807, 2.05) is 0 Å². The third-order valence-electron chi connectivity index (χ3n) is 2.44. The lowest BCUT2D eigenvalue weighted by Crippen LogP contribution is -2.34. The molecule has 1 saturated carbocycles. The summed E-state index contributed by atoms with van der Waals surface area (Å²) in [5.74, 6) is 0.704. The SMILES string of the molecule is C=C1CC2CCC1CO2. The molecule has 2 saturated heterocycles. The van der Waals surface area contributed by atoms with Gasteiger partial charge in [-0.2, -0.15) is 0 Å². The quantitative estimate of drug-likeness (QED) is 0.447. The van der Waals surface area contributed by atoms with Crippen molar-refractivity contribution in [1.82, 2.24) is 0 Å². The second kappa shape index (κ2) is 1.84. The van der Waals surface area contributed by atoms with Crippen molar-refractivity contribution in [3.8, 4) is 0 Å². The zero-order valence-corrected chi connectivity index (χ0v) is 5.60. The van der Waals surface area contributed by atoms with E-state index >= 15 is 0 Å². The van der Waals surface area contributed by atoms with Crippen molar-refractivity contribution in [2.45, 2.75) is 25.4 Å². The molecule has 1 aliphatic carbocycles. The zero-order valence-electron chi connectivity index (χ0n) is 5.60. The van der Waals surface area contributed by atoms with Gasteiger partial charge in [-0.15, -0.1) is 0 Å². The van der Waals surface area contributed by atoms with Crippen molar-refractivity contribution in [3.05, 3.63) is 12.2 Å². The summed E-state index contributed by atoms with van der Waals surface area (Å²) in [5, 5.41) is 0. The van der Waals surface area contributed by atoms with E-state index in [0.29, 0.717) is 12.0 Å². The van der Waals surface area contributed by atoms with Crippen LogP contribution in [0, 0.1) is 5.92 Å². The van der Waals surface area contributed by atoms with Crippen molar-refractivity contribution in [2.75, 3.05) is 6.61 Å². The van der Waals surface area contributed by atoms with Gasteiger partial charge in [0.1, 0.15) is 0 Å². The first-order valence-electron chi connectivity index (χ1n) is 3.65. The maximum atomic E-state index is 5.49. The molecule has 2 heterocycles. The fourth-order valence-corrected chi connectivity index (χ4v) is 1.75. The number of rotatable bonds is 0. The number of hydrogen-bond donors (Lipinski definition) is 0. The van der Waals surface area contributed by atoms with Gasteiger partial charge in [0.25, 0.3) is 0 Å². The molecule has 0 radical (unpaired) electrons. The molecule has 2 atom stereocenters. The fraction of sp³-hybridized carbons (Fsp3) is 0.750. The minimum atomic E-state index is 0.530. The summed E-state index contributed by atoms with van der Waals surface area (Å²) in [5.41, 5.74) is 1.43. The third kappa shape index (κ3) is 0.799. The van der Waals surface area contributed by atoms with Crippen LogP contribution < -0.4 is 0 Å². The second-order valence-electron chi connectivity index (χ2n) is 3.09. The minimum Gasteiger partial charge on any atom is -0.377 e. The highest BCUT2D eigenvalue weighted by Crippen LogP contribution is 2.35. The molecule has 0 aromatic rings. The van der Waals surface area contributed by atoms with Gasteiger partial charge < -0.3 is 4.74 Å². The molecule has 0 amide bonds. The Morgan fingerprint density at radius 2 is 2.33 bits per heavy atom. The molecule has 50 valence electrons. The smallest absolute Gasteiger partial charge is 0.0612 e. The van der Waals surface area contributed by atoms with Gasteiger partial charge in [0.05, 0.1) is 12.7 Å². The molecule has 0 N–H and O–H groups in total. The van der Waals surface area contributed by atoms with Crippen molar-refractivity contribution in [1.29, 1.82) is 0 Å². The lowest BCUT2D eigenvalue weighted by molar-refractivity contribution is -0.0339. The molecular weight excluding hydrogens is 112 g/mol. The number of ether oxygens (including phenoxy) is 1. The topological polar surface area (TPSA) is 9.23 Å². The third-order valence-corrected chi connectivity index (χ3v) is 2.44. The van der Waals surface area contributed by atoms with Crippen LogP contribution in [0.2, 0.25) is 0 Å². The van der Waals surface area contributed by atoms with E-state index in [1.165, 1.54) is 18.4 Å². The van der Waals surface area contributed by atoms with Gasteiger partial charge in [0, 0.05) is 5.92 Å². The van der Waals surface area contributed by atoms with E-state index in [9.17, 15) is 0 Å². The average molecular weight is 124 g/mol. The van der Waals surface area contributed by atoms with Crippen LogP contribution in [0.5, 0.6) is 0 Å². The molecule has 3 aliphatic rings. The normalized spacial score (nSPS) is 41.6. The molecule has 2 unspecified atom stereocenters. The standard InChI is InChI=1S/C8H12O/c1-6-4-8-3-2-7(6)5-9-8/h7-8H,1-5H2. The zero-order chi connectivity index (χ0) is 6.27. The van der Waals surface area contributed by atoms with E-state index in [1.54, 1.807) is 0 Å². The second-order valence-corrected chi connectivity index (χ2v) is 3.09. The van der Waals surface area contributed by atoms with Crippen molar-refractivity contribution in [3.63, 3.8) is 0 Å². The summed E-state index contributed by atoms with van der Waals surface area (Å²) in [6, 6.07) is 0. The molecule has 1 nitrogen and oxygen atoms in total. The van der Waals surface area contributed by atoms with Crippen molar-refractivity contribution >= 4 is 0 Å². The Morgan fingerprint density at radius 3 is 2.56 bits per heavy atom. The first-order chi connectivity index (χ1) is 4.36. The van der Waals surface area contributed by atoms with Gasteiger partial charge in [0.2, 0.25) is 0 Å². The van der Waals surface area contributed by atoms with Gasteiger partial charge >= 0.3 is 0 Å². The van der Waals surface area contributed by atoms with Gasteiger partial charge in [-0.25, -0.2) is 0 Å². The van der Waals surface area contributed by atoms with Crippen LogP contribution in [0.1, 0.15) is 19.3 Å².